The molecule has 0 amide bonds. The van der Waals surface area contributed by atoms with Crippen molar-refractivity contribution in [2.24, 2.45) is 0 Å². The van der Waals surface area contributed by atoms with Gasteiger partial charge >= 0.3 is 12.3 Å². The van der Waals surface area contributed by atoms with Crippen LogP contribution in [0.3, 0.4) is 0 Å². The van der Waals surface area contributed by atoms with E-state index in [1.54, 1.807) is 12.1 Å². The lowest BCUT2D eigenvalue weighted by molar-refractivity contribution is -0.531. The Hall–Kier alpha value is -4.54. The fourth-order valence-corrected chi connectivity index (χ4v) is 6.87. The maximum Gasteiger partial charge on any atom is 0.359 e. The molecule has 1 unspecified atom stereocenters. The van der Waals surface area contributed by atoms with Gasteiger partial charge in [0, 0.05) is 41.7 Å². The van der Waals surface area contributed by atoms with Crippen molar-refractivity contribution in [1.82, 2.24) is 14.9 Å². The molecule has 5 rings (SSSR count). The largest absolute Gasteiger partial charge is 0.425 e. The molecule has 2 heterocycles. The Morgan fingerprint density at radius 1 is 1.15 bits per heavy atom. The molecule has 0 saturated carbocycles. The van der Waals surface area contributed by atoms with Crippen LogP contribution in [-0.2, 0) is 11.3 Å². The van der Waals surface area contributed by atoms with Gasteiger partial charge in [-0.3, -0.25) is 4.79 Å². The summed E-state index contributed by atoms with van der Waals surface area (Å²) in [6.07, 6.45) is 3.92. The van der Waals surface area contributed by atoms with Crippen LogP contribution in [0.4, 0.5) is 19.6 Å². The van der Waals surface area contributed by atoms with Gasteiger partial charge in [-0.15, -0.1) is 5.01 Å². The molecule has 250 valence electrons. The monoisotopic (exact) mass is 674 g/mol. The number of nitriles is 1. The van der Waals surface area contributed by atoms with Crippen LogP contribution in [0.2, 0.25) is 0 Å². The van der Waals surface area contributed by atoms with E-state index in [9.17, 15) is 19.6 Å². The van der Waals surface area contributed by atoms with Crippen LogP contribution in [0.1, 0.15) is 48.4 Å². The molecule has 0 saturated heterocycles. The number of anilines is 1. The number of hydrogen-bond donors (Lipinski definition) is 2. The predicted octanol–water partition coefficient (Wildman–Crippen LogP) is 6.20. The van der Waals surface area contributed by atoms with E-state index in [0.29, 0.717) is 54.7 Å². The zero-order valence-corrected chi connectivity index (χ0v) is 28.2. The van der Waals surface area contributed by atoms with E-state index >= 15 is 4.39 Å². The number of thiazole rings is 1. The molecular weight excluding hydrogens is 634 g/mol. The van der Waals surface area contributed by atoms with Gasteiger partial charge in [-0.2, -0.15) is 9.84 Å². The molecule has 1 aliphatic rings. The van der Waals surface area contributed by atoms with E-state index in [4.69, 9.17) is 9.72 Å². The Morgan fingerprint density at radius 3 is 2.56 bits per heavy atom. The van der Waals surface area contributed by atoms with Crippen molar-refractivity contribution in [3.63, 3.8) is 0 Å². The van der Waals surface area contributed by atoms with Crippen molar-refractivity contribution in [3.8, 4) is 23.1 Å². The second kappa shape index (κ2) is 15.6. The number of halogens is 2. The zero-order chi connectivity index (χ0) is 34.3. The highest BCUT2D eigenvalue weighted by atomic mass is 32.1. The normalized spacial score (nSPS) is 15.8. The van der Waals surface area contributed by atoms with Crippen molar-refractivity contribution in [2.45, 2.75) is 46.6 Å². The molecule has 4 aromatic rings. The number of aromatic nitrogens is 1. The highest BCUT2D eigenvalue weighted by Crippen LogP contribution is 2.38. The van der Waals surface area contributed by atoms with Gasteiger partial charge in [-0.1, -0.05) is 35.0 Å². The van der Waals surface area contributed by atoms with Crippen molar-refractivity contribution in [3.05, 3.63) is 93.9 Å². The SMILES string of the molecule is CCCNCC(=O)Oc1c(C)cc(C[N+]2=C[N+](CCCCO)(c3ccc(F)cc3F)N(c3nc(-c4ccc(C#N)cc4)cs3)C2)cc1C. The molecule has 48 heavy (non-hydrogen) atoms. The van der Waals surface area contributed by atoms with Gasteiger partial charge in [0.2, 0.25) is 10.8 Å². The Labute approximate surface area is 283 Å². The number of ether oxygens (including phenoxy) is 1. The fourth-order valence-electron chi connectivity index (χ4n) is 5.98. The summed E-state index contributed by atoms with van der Waals surface area (Å²) in [6, 6.07) is 16.9. The van der Waals surface area contributed by atoms with E-state index < -0.39 is 11.6 Å². The van der Waals surface area contributed by atoms with Gasteiger partial charge < -0.3 is 15.2 Å². The first-order valence-corrected chi connectivity index (χ1v) is 16.8. The summed E-state index contributed by atoms with van der Waals surface area (Å²) < 4.78 is 37.6. The van der Waals surface area contributed by atoms with Crippen LogP contribution in [0.15, 0.2) is 60.0 Å². The van der Waals surface area contributed by atoms with Crippen LogP contribution in [0.25, 0.3) is 11.3 Å². The third kappa shape index (κ3) is 7.77. The average Bonchev–Trinajstić information content (AvgIpc) is 3.69. The number of rotatable bonds is 14. The number of quaternary nitrogens is 1. The number of nitrogens with zero attached hydrogens (tertiary/aromatic N) is 5. The predicted molar refractivity (Wildman–Crippen MR) is 184 cm³/mol. The van der Waals surface area contributed by atoms with Crippen molar-refractivity contribution < 1.29 is 28.0 Å². The first kappa shape index (κ1) is 34.8. The Morgan fingerprint density at radius 2 is 1.90 bits per heavy atom. The van der Waals surface area contributed by atoms with Gasteiger partial charge in [0.05, 0.1) is 23.9 Å². The molecule has 9 nitrogen and oxygen atoms in total. The van der Waals surface area contributed by atoms with Crippen molar-refractivity contribution in [1.29, 1.82) is 5.26 Å². The minimum Gasteiger partial charge on any atom is -0.425 e. The second-order valence-corrected chi connectivity index (χ2v) is 12.7. The molecular formula is C36H40F2N6O3S+2. The number of carbonyl (C=O) groups is 1. The van der Waals surface area contributed by atoms with Crippen LogP contribution >= 0.6 is 11.3 Å². The van der Waals surface area contributed by atoms with Crippen molar-refractivity contribution in [2.75, 3.05) is 37.9 Å². The molecule has 0 aliphatic carbocycles. The molecule has 2 N–H and O–H groups in total. The number of aliphatic hydroxyl groups is 1. The number of nitrogens with one attached hydrogen (secondary N) is 1. The number of unbranched alkanes of at least 4 members (excludes halogenated alkanes) is 1. The zero-order valence-electron chi connectivity index (χ0n) is 27.4. The summed E-state index contributed by atoms with van der Waals surface area (Å²) in [5, 5.41) is 26.5. The number of benzene rings is 3. The lowest BCUT2D eigenvalue weighted by atomic mass is 10.1. The molecule has 1 aromatic heterocycles. The number of carbonyl (C=O) groups excluding carboxylic acids is 1. The summed E-state index contributed by atoms with van der Waals surface area (Å²) in [7, 11) is 0. The van der Waals surface area contributed by atoms with E-state index in [1.165, 1.54) is 23.5 Å². The van der Waals surface area contributed by atoms with Crippen LogP contribution in [-0.4, -0.2) is 59.9 Å². The van der Waals surface area contributed by atoms with Gasteiger partial charge in [0.25, 0.3) is 6.67 Å². The standard InChI is InChI=1S/C36H40F2N6O3S/c1-4-13-40-20-34(46)47-35-25(2)16-28(17-26(35)3)21-42-23-43(36-41-32(22-48-36)29-9-7-27(19-39)8-10-29)44(24-42,14-5-6-15-45)33-12-11-30(37)18-31(33)38/h7-12,16-18,22,24,40,45H,4-6,13-15,20-21,23H2,1-3H3/q+2. The van der Waals surface area contributed by atoms with E-state index in [2.05, 4.69) is 16.0 Å². The second-order valence-electron chi connectivity index (χ2n) is 11.9. The lowest BCUT2D eigenvalue weighted by Crippen LogP contribution is -2.59. The quantitative estimate of drug-likeness (QED) is 0.0541. The third-order valence-corrected chi connectivity index (χ3v) is 9.03. The number of aliphatic hydroxyl groups excluding tert-OH is 1. The van der Waals surface area contributed by atoms with Crippen LogP contribution in [0, 0.1) is 36.8 Å². The molecule has 0 bridgehead atoms. The highest BCUT2D eigenvalue weighted by Gasteiger charge is 2.51. The Kier molecular flexibility index (Phi) is 11.3. The van der Waals surface area contributed by atoms with E-state index in [1.807, 2.05) is 61.8 Å². The number of esters is 1. The minimum atomic E-state index is -0.683. The molecule has 0 fully saturated rings. The smallest absolute Gasteiger partial charge is 0.359 e. The lowest BCUT2D eigenvalue weighted by Gasteiger charge is -2.33. The third-order valence-electron chi connectivity index (χ3n) is 8.18. The molecule has 1 aliphatic heterocycles. The first-order valence-electron chi connectivity index (χ1n) is 16.0. The average molecular weight is 675 g/mol. The molecule has 0 spiro atoms. The van der Waals surface area contributed by atoms with Crippen LogP contribution < -0.4 is 19.7 Å². The van der Waals surface area contributed by atoms with Gasteiger partial charge in [-0.25, -0.2) is 13.8 Å². The number of hydrogen-bond acceptors (Lipinski definition) is 8. The van der Waals surface area contributed by atoms with Gasteiger partial charge in [-0.05, 0) is 74.7 Å². The molecule has 1 atom stereocenters. The summed E-state index contributed by atoms with van der Waals surface area (Å²) in [5.41, 5.74) is 4.99. The maximum absolute atomic E-state index is 15.7. The van der Waals surface area contributed by atoms with E-state index in [-0.39, 0.29) is 29.4 Å². The number of aryl methyl sites for hydroxylation is 2. The molecule has 3 aromatic carbocycles. The van der Waals surface area contributed by atoms with Crippen molar-refractivity contribution >= 4 is 34.5 Å². The Balaban J connectivity index is 1.51. The van der Waals surface area contributed by atoms with Crippen LogP contribution in [0.5, 0.6) is 5.75 Å². The summed E-state index contributed by atoms with van der Waals surface area (Å²) in [4.78, 5) is 17.4. The van der Waals surface area contributed by atoms with Gasteiger partial charge in [0.15, 0.2) is 12.4 Å². The van der Waals surface area contributed by atoms with Gasteiger partial charge in [0.1, 0.15) is 18.1 Å². The van der Waals surface area contributed by atoms with E-state index in [0.717, 1.165) is 41.3 Å². The highest BCUT2D eigenvalue weighted by molar-refractivity contribution is 7.14. The summed E-state index contributed by atoms with van der Waals surface area (Å²) in [5.74, 6) is -1.16. The summed E-state index contributed by atoms with van der Waals surface area (Å²) >= 11 is 1.41. The molecule has 12 heteroatoms. The molecule has 0 radical (unpaired) electrons. The minimum absolute atomic E-state index is 0.0140. The fraction of sp³-hybridized carbons (Fsp3) is 0.333. The topological polar surface area (TPSA) is 101 Å². The maximum atomic E-state index is 15.7. The Bertz CT molecular complexity index is 1820. The summed E-state index contributed by atoms with van der Waals surface area (Å²) in [6.45, 7) is 7.88. The first-order chi connectivity index (χ1) is 23.2.